The van der Waals surface area contributed by atoms with Crippen LogP contribution in [0.4, 0.5) is 0 Å². The summed E-state index contributed by atoms with van der Waals surface area (Å²) in [5.74, 6) is -0.605. The number of aromatic hydroxyl groups is 1. The number of benzene rings is 3. The molecule has 3 aromatic rings. The highest BCUT2D eigenvalue weighted by Crippen LogP contribution is 2.47. The monoisotopic (exact) mass is 388 g/mol. The molecule has 1 aliphatic rings. The first kappa shape index (κ1) is 19.5. The van der Waals surface area contributed by atoms with Crippen molar-refractivity contribution >= 4 is 16.7 Å². The molecule has 0 saturated carbocycles. The van der Waals surface area contributed by atoms with Crippen molar-refractivity contribution in [2.45, 2.75) is 51.4 Å². The molecule has 29 heavy (non-hydrogen) atoms. The highest BCUT2D eigenvalue weighted by atomic mass is 16.5. The Morgan fingerprint density at radius 1 is 0.828 bits per heavy atom. The van der Waals surface area contributed by atoms with Gasteiger partial charge in [-0.2, -0.15) is 0 Å². The maximum absolute atomic E-state index is 11.7. The predicted octanol–water partition coefficient (Wildman–Crippen LogP) is 6.35. The van der Waals surface area contributed by atoms with E-state index in [1.165, 1.54) is 41.9 Å². The molecule has 3 heteroatoms. The standard InChI is InChI=1S/C26H28O3/c1-25(2)10-11-26(3,4)22-14-19-12-16(6-7-17(19)13-21(22)25)18-8-9-20(23(27)15-18)24(28)29-5/h6-9,12-15,27H,10-11H2,1-5H3. The lowest BCUT2D eigenvalue weighted by atomic mass is 9.63. The van der Waals surface area contributed by atoms with Crippen LogP contribution in [0.25, 0.3) is 21.9 Å². The van der Waals surface area contributed by atoms with Crippen LogP contribution < -0.4 is 0 Å². The Hall–Kier alpha value is -2.81. The Bertz CT molecular complexity index is 1120. The van der Waals surface area contributed by atoms with Gasteiger partial charge in [0.15, 0.2) is 0 Å². The van der Waals surface area contributed by atoms with Crippen molar-refractivity contribution < 1.29 is 14.6 Å². The summed E-state index contributed by atoms with van der Waals surface area (Å²) >= 11 is 0. The van der Waals surface area contributed by atoms with Crippen molar-refractivity contribution in [1.82, 2.24) is 0 Å². The highest BCUT2D eigenvalue weighted by molar-refractivity contribution is 5.94. The zero-order valence-corrected chi connectivity index (χ0v) is 17.8. The van der Waals surface area contributed by atoms with E-state index in [1.807, 2.05) is 6.07 Å². The van der Waals surface area contributed by atoms with Gasteiger partial charge in [-0.25, -0.2) is 4.79 Å². The number of phenolic OH excluding ortho intramolecular Hbond substituents is 1. The third-order valence-electron chi connectivity index (χ3n) is 6.55. The van der Waals surface area contributed by atoms with Crippen LogP contribution >= 0.6 is 0 Å². The van der Waals surface area contributed by atoms with Gasteiger partial charge in [-0.15, -0.1) is 0 Å². The Morgan fingerprint density at radius 2 is 1.38 bits per heavy atom. The number of rotatable bonds is 2. The first-order valence-corrected chi connectivity index (χ1v) is 10.1. The minimum absolute atomic E-state index is 0.0669. The fourth-order valence-corrected chi connectivity index (χ4v) is 4.49. The van der Waals surface area contributed by atoms with Crippen LogP contribution in [0.5, 0.6) is 5.75 Å². The van der Waals surface area contributed by atoms with Gasteiger partial charge < -0.3 is 9.84 Å². The number of fused-ring (bicyclic) bond motifs is 2. The lowest BCUT2D eigenvalue weighted by Gasteiger charge is -2.42. The normalized spacial score (nSPS) is 17.0. The molecule has 1 N–H and O–H groups in total. The molecule has 0 amide bonds. The smallest absolute Gasteiger partial charge is 0.341 e. The number of hydrogen-bond donors (Lipinski definition) is 1. The van der Waals surface area contributed by atoms with Crippen LogP contribution in [0.1, 0.15) is 62.0 Å². The van der Waals surface area contributed by atoms with Gasteiger partial charge in [0.05, 0.1) is 7.11 Å². The van der Waals surface area contributed by atoms with Gasteiger partial charge in [0.1, 0.15) is 11.3 Å². The Kier molecular flexibility index (Phi) is 4.45. The lowest BCUT2D eigenvalue weighted by molar-refractivity contribution is 0.0597. The van der Waals surface area contributed by atoms with E-state index in [0.717, 1.165) is 11.1 Å². The summed E-state index contributed by atoms with van der Waals surface area (Å²) in [4.78, 5) is 11.7. The number of carbonyl (C=O) groups is 1. The van der Waals surface area contributed by atoms with E-state index in [4.69, 9.17) is 4.74 Å². The quantitative estimate of drug-likeness (QED) is 0.521. The number of hydrogen-bond acceptors (Lipinski definition) is 3. The largest absolute Gasteiger partial charge is 0.507 e. The van der Waals surface area contributed by atoms with Gasteiger partial charge in [-0.1, -0.05) is 58.0 Å². The first-order valence-electron chi connectivity index (χ1n) is 10.1. The van der Waals surface area contributed by atoms with Crippen LogP contribution in [0.3, 0.4) is 0 Å². The topological polar surface area (TPSA) is 46.5 Å². The van der Waals surface area contributed by atoms with Gasteiger partial charge in [-0.05, 0) is 74.9 Å². The van der Waals surface area contributed by atoms with E-state index in [2.05, 4.69) is 58.0 Å². The summed E-state index contributed by atoms with van der Waals surface area (Å²) < 4.78 is 4.71. The minimum atomic E-state index is -0.538. The van der Waals surface area contributed by atoms with Crippen molar-refractivity contribution in [3.05, 3.63) is 65.2 Å². The van der Waals surface area contributed by atoms with Crippen LogP contribution in [-0.2, 0) is 15.6 Å². The van der Waals surface area contributed by atoms with Crippen molar-refractivity contribution in [1.29, 1.82) is 0 Å². The molecule has 0 atom stereocenters. The molecule has 0 unspecified atom stereocenters. The van der Waals surface area contributed by atoms with Crippen molar-refractivity contribution in [2.75, 3.05) is 7.11 Å². The van der Waals surface area contributed by atoms with E-state index >= 15 is 0 Å². The van der Waals surface area contributed by atoms with Gasteiger partial charge in [0.2, 0.25) is 0 Å². The van der Waals surface area contributed by atoms with E-state index in [9.17, 15) is 9.90 Å². The summed E-state index contributed by atoms with van der Waals surface area (Å²) in [5.41, 5.74) is 5.29. The highest BCUT2D eigenvalue weighted by Gasteiger charge is 2.37. The average molecular weight is 389 g/mol. The number of esters is 1. The molecule has 0 saturated heterocycles. The molecular formula is C26H28O3. The van der Waals surface area contributed by atoms with Crippen molar-refractivity contribution in [3.63, 3.8) is 0 Å². The van der Waals surface area contributed by atoms with Crippen LogP contribution in [0, 0.1) is 0 Å². The molecule has 0 radical (unpaired) electrons. The van der Waals surface area contributed by atoms with Crippen LogP contribution in [0.15, 0.2) is 48.5 Å². The number of methoxy groups -OCH3 is 1. The second-order valence-corrected chi connectivity index (χ2v) is 9.45. The molecule has 3 aromatic carbocycles. The number of carbonyl (C=O) groups excluding carboxylic acids is 1. The Balaban J connectivity index is 1.83. The molecule has 150 valence electrons. The Labute approximate surface area is 172 Å². The van der Waals surface area contributed by atoms with Gasteiger partial charge in [0, 0.05) is 0 Å². The molecule has 1 aliphatic carbocycles. The fraction of sp³-hybridized carbons (Fsp3) is 0.346. The second-order valence-electron chi connectivity index (χ2n) is 9.45. The summed E-state index contributed by atoms with van der Waals surface area (Å²) in [5, 5.41) is 12.7. The zero-order chi connectivity index (χ0) is 21.0. The maximum Gasteiger partial charge on any atom is 0.341 e. The predicted molar refractivity (Wildman–Crippen MR) is 118 cm³/mol. The lowest BCUT2D eigenvalue weighted by Crippen LogP contribution is -2.33. The van der Waals surface area contributed by atoms with Crippen LogP contribution in [-0.4, -0.2) is 18.2 Å². The molecule has 0 bridgehead atoms. The zero-order valence-electron chi connectivity index (χ0n) is 17.8. The molecule has 0 heterocycles. The van der Waals surface area contributed by atoms with Gasteiger partial charge in [-0.3, -0.25) is 0 Å². The third-order valence-corrected chi connectivity index (χ3v) is 6.55. The van der Waals surface area contributed by atoms with E-state index in [-0.39, 0.29) is 22.1 Å². The van der Waals surface area contributed by atoms with Crippen molar-refractivity contribution in [2.24, 2.45) is 0 Å². The van der Waals surface area contributed by atoms with Gasteiger partial charge in [0.25, 0.3) is 0 Å². The van der Waals surface area contributed by atoms with E-state index in [0.29, 0.717) is 0 Å². The van der Waals surface area contributed by atoms with Gasteiger partial charge >= 0.3 is 5.97 Å². The summed E-state index contributed by atoms with van der Waals surface area (Å²) in [6.07, 6.45) is 2.38. The molecule has 0 aliphatic heterocycles. The molecule has 0 spiro atoms. The van der Waals surface area contributed by atoms with Crippen molar-refractivity contribution in [3.8, 4) is 16.9 Å². The van der Waals surface area contributed by atoms with Crippen LogP contribution in [0.2, 0.25) is 0 Å². The van der Waals surface area contributed by atoms with E-state index in [1.54, 1.807) is 12.1 Å². The Morgan fingerprint density at radius 3 is 1.97 bits per heavy atom. The second kappa shape index (κ2) is 6.62. The first-order chi connectivity index (χ1) is 13.6. The molecule has 0 aromatic heterocycles. The fourth-order valence-electron chi connectivity index (χ4n) is 4.49. The molecule has 4 rings (SSSR count). The van der Waals surface area contributed by atoms with E-state index < -0.39 is 5.97 Å². The maximum atomic E-state index is 11.7. The molecular weight excluding hydrogens is 360 g/mol. The molecule has 0 fully saturated rings. The number of ether oxygens (including phenoxy) is 1. The molecule has 3 nitrogen and oxygen atoms in total. The number of phenols is 1. The minimum Gasteiger partial charge on any atom is -0.507 e. The third kappa shape index (κ3) is 3.29. The average Bonchev–Trinajstić information content (AvgIpc) is 2.69. The summed E-state index contributed by atoms with van der Waals surface area (Å²) in [7, 11) is 1.31. The SMILES string of the molecule is COC(=O)c1ccc(-c2ccc3cc4c(cc3c2)C(C)(C)CCC4(C)C)cc1O. The summed E-state index contributed by atoms with van der Waals surface area (Å²) in [6.45, 7) is 9.35. The summed E-state index contributed by atoms with van der Waals surface area (Å²) in [6, 6.07) is 16.2.